The molecule has 0 bridgehead atoms. The van der Waals surface area contributed by atoms with E-state index in [1.165, 1.54) is 37.3 Å². The lowest BCUT2D eigenvalue weighted by atomic mass is 10.1. The third kappa shape index (κ3) is 4.03. The first-order chi connectivity index (χ1) is 9.06. The fourth-order valence-corrected chi connectivity index (χ4v) is 2.62. The Balaban J connectivity index is 1.85. The van der Waals surface area contributed by atoms with E-state index in [1.54, 1.807) is 0 Å². The van der Waals surface area contributed by atoms with E-state index in [-0.39, 0.29) is 6.04 Å². The van der Waals surface area contributed by atoms with Crippen LogP contribution in [0.25, 0.3) is 0 Å². The second-order valence-corrected chi connectivity index (χ2v) is 5.94. The van der Waals surface area contributed by atoms with Gasteiger partial charge < -0.3 is 5.73 Å². The largest absolute Gasteiger partial charge is 0.324 e. The molecule has 0 aromatic heterocycles. The van der Waals surface area contributed by atoms with Gasteiger partial charge in [-0.15, -0.1) is 0 Å². The van der Waals surface area contributed by atoms with Crippen molar-refractivity contribution < 1.29 is 0 Å². The summed E-state index contributed by atoms with van der Waals surface area (Å²) >= 11 is 0. The van der Waals surface area contributed by atoms with Crippen LogP contribution in [0.3, 0.4) is 0 Å². The molecule has 1 unspecified atom stereocenters. The van der Waals surface area contributed by atoms with Crippen molar-refractivity contribution in [2.45, 2.75) is 39.4 Å². The normalized spacial score (nSPS) is 19.8. The van der Waals surface area contributed by atoms with Crippen LogP contribution >= 0.6 is 0 Å². The highest BCUT2D eigenvalue weighted by atomic mass is 15.3. The minimum atomic E-state index is 0.128. The Kier molecular flexibility index (Phi) is 4.97. The lowest BCUT2D eigenvalue weighted by molar-refractivity contribution is 0.104. The molecule has 0 radical (unpaired) electrons. The van der Waals surface area contributed by atoms with Crippen LogP contribution in [0.2, 0.25) is 0 Å². The molecule has 2 N–H and O–H groups in total. The van der Waals surface area contributed by atoms with Gasteiger partial charge in [0.25, 0.3) is 0 Å². The highest BCUT2D eigenvalue weighted by Gasteiger charge is 2.18. The van der Waals surface area contributed by atoms with Gasteiger partial charge in [0, 0.05) is 44.8 Å². The summed E-state index contributed by atoms with van der Waals surface area (Å²) in [5.41, 5.74) is 8.48. The molecular formula is C16H27N3. The molecule has 1 aliphatic heterocycles. The van der Waals surface area contributed by atoms with Gasteiger partial charge in [-0.2, -0.15) is 0 Å². The van der Waals surface area contributed by atoms with Crippen LogP contribution < -0.4 is 5.73 Å². The topological polar surface area (TPSA) is 32.5 Å². The summed E-state index contributed by atoms with van der Waals surface area (Å²) in [5, 5.41) is 0. The highest BCUT2D eigenvalue weighted by molar-refractivity contribution is 5.24. The van der Waals surface area contributed by atoms with E-state index in [0.29, 0.717) is 6.04 Å². The molecule has 0 aliphatic carbocycles. The molecule has 3 heteroatoms. The number of piperazine rings is 1. The van der Waals surface area contributed by atoms with Crippen molar-refractivity contribution in [2.24, 2.45) is 5.73 Å². The predicted octanol–water partition coefficient (Wildman–Crippen LogP) is 2.23. The van der Waals surface area contributed by atoms with E-state index < -0.39 is 0 Å². The summed E-state index contributed by atoms with van der Waals surface area (Å²) < 4.78 is 0. The van der Waals surface area contributed by atoms with Crippen molar-refractivity contribution in [1.29, 1.82) is 0 Å². The Labute approximate surface area is 117 Å². The molecule has 2 rings (SSSR count). The molecule has 1 aliphatic rings. The first kappa shape index (κ1) is 14.5. The molecule has 0 amide bonds. The molecule has 1 heterocycles. The molecule has 1 atom stereocenters. The second-order valence-electron chi connectivity index (χ2n) is 5.94. The maximum absolute atomic E-state index is 5.88. The molecule has 1 aromatic carbocycles. The van der Waals surface area contributed by atoms with E-state index >= 15 is 0 Å². The standard InChI is InChI=1S/C16H27N3/c1-13(2)19-10-8-18(9-11-19)12-15-4-6-16(7-5-15)14(3)17/h4-7,13-14H,8-12,17H2,1-3H3. The summed E-state index contributed by atoms with van der Waals surface area (Å²) in [5.74, 6) is 0. The summed E-state index contributed by atoms with van der Waals surface area (Å²) in [6.45, 7) is 12.4. The van der Waals surface area contributed by atoms with Gasteiger partial charge in [0.1, 0.15) is 0 Å². The van der Waals surface area contributed by atoms with Crippen molar-refractivity contribution in [3.8, 4) is 0 Å². The zero-order chi connectivity index (χ0) is 13.8. The van der Waals surface area contributed by atoms with Gasteiger partial charge in [0.15, 0.2) is 0 Å². The Morgan fingerprint density at radius 1 is 1.00 bits per heavy atom. The molecule has 0 spiro atoms. The van der Waals surface area contributed by atoms with Crippen LogP contribution in [0.4, 0.5) is 0 Å². The van der Waals surface area contributed by atoms with Gasteiger partial charge in [-0.25, -0.2) is 0 Å². The molecule has 19 heavy (non-hydrogen) atoms. The highest BCUT2D eigenvalue weighted by Crippen LogP contribution is 2.14. The molecule has 0 saturated carbocycles. The van der Waals surface area contributed by atoms with Crippen molar-refractivity contribution in [3.05, 3.63) is 35.4 Å². The van der Waals surface area contributed by atoms with Crippen LogP contribution in [0.1, 0.15) is 37.9 Å². The number of rotatable bonds is 4. The Morgan fingerprint density at radius 3 is 2.05 bits per heavy atom. The maximum atomic E-state index is 5.88. The maximum Gasteiger partial charge on any atom is 0.0266 e. The zero-order valence-electron chi connectivity index (χ0n) is 12.5. The minimum Gasteiger partial charge on any atom is -0.324 e. The average Bonchev–Trinajstić information content (AvgIpc) is 2.40. The Morgan fingerprint density at radius 2 is 1.58 bits per heavy atom. The summed E-state index contributed by atoms with van der Waals surface area (Å²) in [4.78, 5) is 5.09. The number of nitrogens with zero attached hydrogens (tertiary/aromatic N) is 2. The van der Waals surface area contributed by atoms with E-state index in [1.807, 2.05) is 6.92 Å². The van der Waals surface area contributed by atoms with E-state index in [9.17, 15) is 0 Å². The predicted molar refractivity (Wildman–Crippen MR) is 81.0 cm³/mol. The van der Waals surface area contributed by atoms with Crippen molar-refractivity contribution in [3.63, 3.8) is 0 Å². The minimum absolute atomic E-state index is 0.128. The molecular weight excluding hydrogens is 234 g/mol. The van der Waals surface area contributed by atoms with Crippen LogP contribution in [-0.4, -0.2) is 42.0 Å². The van der Waals surface area contributed by atoms with Gasteiger partial charge in [-0.05, 0) is 31.9 Å². The zero-order valence-corrected chi connectivity index (χ0v) is 12.5. The first-order valence-corrected chi connectivity index (χ1v) is 7.37. The van der Waals surface area contributed by atoms with E-state index in [4.69, 9.17) is 5.73 Å². The number of hydrogen-bond acceptors (Lipinski definition) is 3. The molecule has 106 valence electrons. The second kappa shape index (κ2) is 6.51. The summed E-state index contributed by atoms with van der Waals surface area (Å²) in [6, 6.07) is 9.55. The molecule has 1 aromatic rings. The van der Waals surface area contributed by atoms with Crippen molar-refractivity contribution in [2.75, 3.05) is 26.2 Å². The van der Waals surface area contributed by atoms with Crippen LogP contribution in [0, 0.1) is 0 Å². The van der Waals surface area contributed by atoms with Gasteiger partial charge in [-0.1, -0.05) is 24.3 Å². The van der Waals surface area contributed by atoms with Gasteiger partial charge in [0.05, 0.1) is 0 Å². The van der Waals surface area contributed by atoms with E-state index in [0.717, 1.165) is 6.54 Å². The van der Waals surface area contributed by atoms with Gasteiger partial charge in [0.2, 0.25) is 0 Å². The molecule has 1 saturated heterocycles. The van der Waals surface area contributed by atoms with Gasteiger partial charge in [-0.3, -0.25) is 9.80 Å². The average molecular weight is 261 g/mol. The van der Waals surface area contributed by atoms with Crippen LogP contribution in [-0.2, 0) is 6.54 Å². The number of benzene rings is 1. The van der Waals surface area contributed by atoms with Crippen LogP contribution in [0.5, 0.6) is 0 Å². The number of nitrogens with two attached hydrogens (primary N) is 1. The fraction of sp³-hybridized carbons (Fsp3) is 0.625. The van der Waals surface area contributed by atoms with Crippen molar-refractivity contribution in [1.82, 2.24) is 9.80 Å². The van der Waals surface area contributed by atoms with Gasteiger partial charge >= 0.3 is 0 Å². The third-order valence-electron chi connectivity index (χ3n) is 4.05. The Hall–Kier alpha value is -0.900. The summed E-state index contributed by atoms with van der Waals surface area (Å²) in [6.07, 6.45) is 0. The smallest absolute Gasteiger partial charge is 0.0266 e. The summed E-state index contributed by atoms with van der Waals surface area (Å²) in [7, 11) is 0. The van der Waals surface area contributed by atoms with E-state index in [2.05, 4.69) is 47.9 Å². The lowest BCUT2D eigenvalue weighted by Crippen LogP contribution is -2.48. The first-order valence-electron chi connectivity index (χ1n) is 7.37. The molecule has 1 fully saturated rings. The fourth-order valence-electron chi connectivity index (χ4n) is 2.62. The lowest BCUT2D eigenvalue weighted by Gasteiger charge is -2.36. The van der Waals surface area contributed by atoms with Crippen LogP contribution in [0.15, 0.2) is 24.3 Å². The molecule has 3 nitrogen and oxygen atoms in total. The number of hydrogen-bond donors (Lipinski definition) is 1. The third-order valence-corrected chi connectivity index (χ3v) is 4.05. The SMILES string of the molecule is CC(N)c1ccc(CN2CCN(C(C)C)CC2)cc1. The quantitative estimate of drug-likeness (QED) is 0.902. The Bertz CT molecular complexity index is 375. The monoisotopic (exact) mass is 261 g/mol. The van der Waals surface area contributed by atoms with Crippen molar-refractivity contribution >= 4 is 0 Å².